The Morgan fingerprint density at radius 3 is 2.58 bits per heavy atom. The quantitative estimate of drug-likeness (QED) is 0.163. The van der Waals surface area contributed by atoms with Crippen LogP contribution in [0.15, 0.2) is 108 Å². The average molecular weight is 698 g/mol. The number of rotatable bonds is 6. The van der Waals surface area contributed by atoms with Gasteiger partial charge in [0.1, 0.15) is 12.2 Å². The smallest absolute Gasteiger partial charge is 0.282 e. The summed E-state index contributed by atoms with van der Waals surface area (Å²) in [6, 6.07) is 25.5. The molecule has 0 spiro atoms. The van der Waals surface area contributed by atoms with Gasteiger partial charge in [-0.15, -0.1) is 0 Å². The van der Waals surface area contributed by atoms with Crippen LogP contribution in [0.25, 0.3) is 33.5 Å². The largest absolute Gasteiger partial charge is 0.486 e. The van der Waals surface area contributed by atoms with Crippen molar-refractivity contribution in [2.45, 2.75) is 6.61 Å². The number of para-hydroxylation sites is 1. The summed E-state index contributed by atoms with van der Waals surface area (Å²) < 4.78 is 14.8. The SMILES string of the molecule is O=c1c2ccccc2nc(-c2cc3cc(Br)ccc3o2)n1N=Cc1cc(Cl)c(OCc2ccc(Cl)cc2)c(Br)c1. The van der Waals surface area contributed by atoms with Gasteiger partial charge in [-0.3, -0.25) is 4.79 Å². The van der Waals surface area contributed by atoms with Crippen molar-refractivity contribution < 1.29 is 9.15 Å². The van der Waals surface area contributed by atoms with Crippen LogP contribution in [0.3, 0.4) is 0 Å². The Morgan fingerprint density at radius 2 is 1.77 bits per heavy atom. The number of benzene rings is 4. The molecule has 0 N–H and O–H groups in total. The molecule has 2 heterocycles. The average Bonchev–Trinajstić information content (AvgIpc) is 3.36. The molecule has 0 bridgehead atoms. The van der Waals surface area contributed by atoms with Crippen molar-refractivity contribution in [2.75, 3.05) is 0 Å². The molecule has 0 aliphatic heterocycles. The molecule has 6 aromatic rings. The van der Waals surface area contributed by atoms with Gasteiger partial charge in [-0.05, 0) is 87.7 Å². The summed E-state index contributed by atoms with van der Waals surface area (Å²) in [5.41, 5.74) is 2.48. The molecule has 0 saturated carbocycles. The van der Waals surface area contributed by atoms with Crippen LogP contribution in [0, 0.1) is 0 Å². The van der Waals surface area contributed by atoms with Gasteiger partial charge in [0.15, 0.2) is 11.5 Å². The molecule has 40 heavy (non-hydrogen) atoms. The zero-order chi connectivity index (χ0) is 27.8. The minimum Gasteiger partial charge on any atom is -0.486 e. The monoisotopic (exact) mass is 695 g/mol. The molecule has 0 unspecified atom stereocenters. The van der Waals surface area contributed by atoms with E-state index in [4.69, 9.17) is 37.3 Å². The lowest BCUT2D eigenvalue weighted by atomic mass is 10.2. The van der Waals surface area contributed by atoms with Crippen LogP contribution in [-0.2, 0) is 6.61 Å². The molecule has 2 aromatic heterocycles. The number of hydrogen-bond acceptors (Lipinski definition) is 5. The Labute approximate surface area is 255 Å². The number of nitrogens with zero attached hydrogens (tertiary/aromatic N) is 3. The van der Waals surface area contributed by atoms with Crippen LogP contribution in [0.1, 0.15) is 11.1 Å². The number of furan rings is 1. The second-order valence-electron chi connectivity index (χ2n) is 8.84. The van der Waals surface area contributed by atoms with Crippen molar-refractivity contribution in [2.24, 2.45) is 5.10 Å². The van der Waals surface area contributed by atoms with E-state index in [-0.39, 0.29) is 11.4 Å². The third-order valence-corrected chi connectivity index (χ3v) is 7.71. The zero-order valence-corrected chi connectivity index (χ0v) is 25.1. The van der Waals surface area contributed by atoms with Crippen LogP contribution in [0.4, 0.5) is 0 Å². The Morgan fingerprint density at radius 1 is 0.975 bits per heavy atom. The van der Waals surface area contributed by atoms with Crippen molar-refractivity contribution >= 4 is 83.1 Å². The maximum absolute atomic E-state index is 13.5. The van der Waals surface area contributed by atoms with Gasteiger partial charge in [-0.2, -0.15) is 9.78 Å². The Bertz CT molecular complexity index is 1960. The minimum absolute atomic E-state index is 0.278. The van der Waals surface area contributed by atoms with Gasteiger partial charge in [0.2, 0.25) is 5.82 Å². The maximum Gasteiger partial charge on any atom is 0.282 e. The van der Waals surface area contributed by atoms with Crippen LogP contribution in [0.5, 0.6) is 5.75 Å². The topological polar surface area (TPSA) is 69.6 Å². The van der Waals surface area contributed by atoms with Gasteiger partial charge >= 0.3 is 0 Å². The van der Waals surface area contributed by atoms with Gasteiger partial charge < -0.3 is 9.15 Å². The molecular formula is C30H17Br2Cl2N3O3. The molecule has 0 radical (unpaired) electrons. The zero-order valence-electron chi connectivity index (χ0n) is 20.4. The fourth-order valence-electron chi connectivity index (χ4n) is 4.17. The first kappa shape index (κ1) is 26.8. The fraction of sp³-hybridized carbons (Fsp3) is 0.0333. The van der Waals surface area contributed by atoms with E-state index in [1.54, 1.807) is 42.6 Å². The number of halogens is 4. The molecule has 6 rings (SSSR count). The van der Waals surface area contributed by atoms with Crippen LogP contribution in [0.2, 0.25) is 10.0 Å². The third-order valence-electron chi connectivity index (χ3n) is 6.09. The van der Waals surface area contributed by atoms with E-state index >= 15 is 0 Å². The van der Waals surface area contributed by atoms with E-state index in [1.165, 1.54) is 4.68 Å². The highest BCUT2D eigenvalue weighted by molar-refractivity contribution is 9.10. The summed E-state index contributed by atoms with van der Waals surface area (Å²) in [6.45, 7) is 0.318. The summed E-state index contributed by atoms with van der Waals surface area (Å²) >= 11 is 19.6. The molecule has 10 heteroatoms. The molecular weight excluding hydrogens is 681 g/mol. The Kier molecular flexibility index (Phi) is 7.51. The number of aromatic nitrogens is 2. The van der Waals surface area contributed by atoms with Gasteiger partial charge in [-0.1, -0.05) is 63.4 Å². The number of fused-ring (bicyclic) bond motifs is 2. The van der Waals surface area contributed by atoms with Gasteiger partial charge in [-0.25, -0.2) is 4.98 Å². The van der Waals surface area contributed by atoms with Crippen molar-refractivity contribution in [3.63, 3.8) is 0 Å². The van der Waals surface area contributed by atoms with E-state index in [1.807, 2.05) is 48.5 Å². The van der Waals surface area contributed by atoms with E-state index < -0.39 is 0 Å². The molecule has 0 fully saturated rings. The number of ether oxygens (including phenoxy) is 1. The van der Waals surface area contributed by atoms with Gasteiger partial charge in [0.25, 0.3) is 5.56 Å². The maximum atomic E-state index is 13.5. The predicted octanol–water partition coefficient (Wildman–Crippen LogP) is 9.10. The van der Waals surface area contributed by atoms with Crippen molar-refractivity contribution in [3.8, 4) is 17.3 Å². The molecule has 0 atom stereocenters. The van der Waals surface area contributed by atoms with Gasteiger partial charge in [0, 0.05) is 14.9 Å². The highest BCUT2D eigenvalue weighted by Crippen LogP contribution is 2.35. The molecule has 0 aliphatic carbocycles. The normalized spacial score (nSPS) is 11.6. The summed E-state index contributed by atoms with van der Waals surface area (Å²) in [5, 5.41) is 6.87. The molecule has 6 nitrogen and oxygen atoms in total. The summed E-state index contributed by atoms with van der Waals surface area (Å²) in [5.74, 6) is 1.19. The minimum atomic E-state index is -0.327. The predicted molar refractivity (Wildman–Crippen MR) is 167 cm³/mol. The number of hydrogen-bond donors (Lipinski definition) is 0. The summed E-state index contributed by atoms with van der Waals surface area (Å²) in [4.78, 5) is 18.3. The first-order valence-electron chi connectivity index (χ1n) is 12.0. The Hall–Kier alpha value is -3.43. The molecule has 0 amide bonds. The third kappa shape index (κ3) is 5.45. The first-order valence-corrected chi connectivity index (χ1v) is 14.3. The van der Waals surface area contributed by atoms with E-state index in [2.05, 4.69) is 37.0 Å². The van der Waals surface area contributed by atoms with Crippen molar-refractivity contribution in [1.29, 1.82) is 0 Å². The van der Waals surface area contributed by atoms with E-state index in [0.29, 0.717) is 54.7 Å². The lowest BCUT2D eigenvalue weighted by molar-refractivity contribution is 0.304. The lowest BCUT2D eigenvalue weighted by Gasteiger charge is -2.11. The summed E-state index contributed by atoms with van der Waals surface area (Å²) in [7, 11) is 0. The van der Waals surface area contributed by atoms with Gasteiger partial charge in [0.05, 0.1) is 26.6 Å². The van der Waals surface area contributed by atoms with E-state index in [0.717, 1.165) is 15.4 Å². The first-order chi connectivity index (χ1) is 19.4. The lowest BCUT2D eigenvalue weighted by Crippen LogP contribution is -2.20. The Balaban J connectivity index is 1.37. The van der Waals surface area contributed by atoms with Crippen LogP contribution < -0.4 is 10.3 Å². The molecule has 4 aromatic carbocycles. The highest BCUT2D eigenvalue weighted by atomic mass is 79.9. The fourth-order valence-corrected chi connectivity index (χ4v) is 5.66. The van der Waals surface area contributed by atoms with E-state index in [9.17, 15) is 4.79 Å². The highest BCUT2D eigenvalue weighted by Gasteiger charge is 2.17. The van der Waals surface area contributed by atoms with Crippen LogP contribution >= 0.6 is 55.1 Å². The van der Waals surface area contributed by atoms with Crippen molar-refractivity contribution in [3.05, 3.63) is 125 Å². The second kappa shape index (κ2) is 11.2. The standard InChI is InChI=1S/C30H17Br2Cl2N3O3/c31-20-7-10-26-19(13-20)14-27(40-26)29-36-25-4-2-1-3-22(25)30(38)37(29)35-15-18-11-23(32)28(24(34)12-18)39-16-17-5-8-21(33)9-6-17/h1-15H,16H2. The van der Waals surface area contributed by atoms with Crippen molar-refractivity contribution in [1.82, 2.24) is 9.66 Å². The summed E-state index contributed by atoms with van der Waals surface area (Å²) in [6.07, 6.45) is 1.54. The second-order valence-corrected chi connectivity index (χ2v) is 11.4. The molecule has 0 saturated heterocycles. The molecule has 0 aliphatic rings. The molecule has 198 valence electrons. The van der Waals surface area contributed by atoms with Crippen LogP contribution in [-0.4, -0.2) is 15.9 Å².